The molecule has 4 heteroatoms. The van der Waals surface area contributed by atoms with E-state index >= 15 is 0 Å². The Kier molecular flexibility index (Phi) is 3.62. The Morgan fingerprint density at radius 2 is 1.64 bits per heavy atom. The Hall–Kier alpha value is -1.58. The Morgan fingerprint density at radius 3 is 1.86 bits per heavy atom. The second-order valence-electron chi connectivity index (χ2n) is 2.98. The molecular formula is C10H13O4-. The van der Waals surface area contributed by atoms with Crippen LogP contribution in [0.4, 0.5) is 0 Å². The van der Waals surface area contributed by atoms with Crippen LogP contribution in [0.5, 0.6) is 0 Å². The fourth-order valence-electron chi connectivity index (χ4n) is 1.36. The molecule has 0 saturated heterocycles. The number of hydrogen-bond acceptors (Lipinski definition) is 3. The third-order valence-corrected chi connectivity index (χ3v) is 2.33. The predicted octanol–water partition coefficient (Wildman–Crippen LogP) is 0.494. The molecule has 0 radical (unpaired) electrons. The van der Waals surface area contributed by atoms with Crippen LogP contribution in [0, 0.1) is 0 Å². The van der Waals surface area contributed by atoms with Crippen molar-refractivity contribution in [1.82, 2.24) is 0 Å². The number of carbonyl (C=O) groups excluding carboxylic acids is 1. The van der Waals surface area contributed by atoms with E-state index in [9.17, 15) is 14.7 Å². The van der Waals surface area contributed by atoms with E-state index in [0.29, 0.717) is 11.1 Å². The zero-order valence-electron chi connectivity index (χ0n) is 7.38. The number of aliphatic carboxylic acids is 2. The van der Waals surface area contributed by atoms with Crippen LogP contribution in [0.25, 0.3) is 0 Å². The van der Waals surface area contributed by atoms with Crippen molar-refractivity contribution in [2.75, 3.05) is 0 Å². The van der Waals surface area contributed by atoms with E-state index in [0.717, 1.165) is 0 Å². The lowest BCUT2D eigenvalue weighted by Gasteiger charge is -2.04. The summed E-state index contributed by atoms with van der Waals surface area (Å²) in [4.78, 5) is 21.2. The first-order valence-corrected chi connectivity index (χ1v) is 3.79. The molecule has 1 N–H and O–H groups in total. The molecular weight excluding hydrogens is 184 g/mol. The average Bonchev–Trinajstić information content (AvgIpc) is 2.29. The molecule has 0 aromatic rings. The second kappa shape index (κ2) is 4.09. The molecule has 4 nitrogen and oxygen atoms in total. The van der Waals surface area contributed by atoms with Crippen LogP contribution in [0.3, 0.4) is 0 Å². The Labute approximate surface area is 82.6 Å². The van der Waals surface area contributed by atoms with Gasteiger partial charge in [-0.2, -0.15) is 0 Å². The first-order valence-electron chi connectivity index (χ1n) is 3.79. The predicted molar refractivity (Wildman–Crippen MR) is 49.4 cm³/mol. The summed E-state index contributed by atoms with van der Waals surface area (Å²) >= 11 is 0. The van der Waals surface area contributed by atoms with E-state index in [1.165, 1.54) is 0 Å². The maximum atomic E-state index is 10.6. The van der Waals surface area contributed by atoms with Gasteiger partial charge in [-0.1, -0.05) is 7.43 Å². The quantitative estimate of drug-likeness (QED) is 0.699. The van der Waals surface area contributed by atoms with Gasteiger partial charge in [0.1, 0.15) is 0 Å². The zero-order chi connectivity index (χ0) is 10.2. The highest BCUT2D eigenvalue weighted by molar-refractivity contribution is 5.97. The minimum Gasteiger partial charge on any atom is -0.545 e. The normalized spacial score (nSPS) is 15.6. The van der Waals surface area contributed by atoms with Crippen molar-refractivity contribution in [2.24, 2.45) is 0 Å². The maximum absolute atomic E-state index is 10.6. The molecule has 0 spiro atoms. The smallest absolute Gasteiger partial charge is 0.332 e. The van der Waals surface area contributed by atoms with Crippen molar-refractivity contribution >= 4 is 11.9 Å². The third kappa shape index (κ3) is 1.84. The van der Waals surface area contributed by atoms with Crippen LogP contribution in [-0.4, -0.2) is 17.0 Å². The van der Waals surface area contributed by atoms with Gasteiger partial charge in [-0.15, -0.1) is 0 Å². The van der Waals surface area contributed by atoms with E-state index < -0.39 is 11.9 Å². The first kappa shape index (κ1) is 12.4. The summed E-state index contributed by atoms with van der Waals surface area (Å²) in [6.07, 6.45) is -0.0324. The van der Waals surface area contributed by atoms with E-state index in [2.05, 4.69) is 0 Å². The molecule has 0 saturated carbocycles. The van der Waals surface area contributed by atoms with Gasteiger partial charge in [0, 0.05) is 12.0 Å². The number of carboxylic acid groups (broad SMARTS) is 2. The fraction of sp³-hybridized carbons (Fsp3) is 0.400. The van der Waals surface area contributed by atoms with E-state index in [4.69, 9.17) is 5.11 Å². The van der Waals surface area contributed by atoms with Crippen molar-refractivity contribution < 1.29 is 19.8 Å². The molecule has 0 unspecified atom stereocenters. The molecule has 0 fully saturated rings. The summed E-state index contributed by atoms with van der Waals surface area (Å²) < 4.78 is 0. The van der Waals surface area contributed by atoms with Crippen molar-refractivity contribution in [3.05, 3.63) is 22.3 Å². The molecule has 1 aliphatic rings. The Bertz CT molecular complexity index is 313. The molecule has 0 aromatic carbocycles. The minimum absolute atomic E-state index is 0. The molecule has 1 aliphatic carbocycles. The third-order valence-electron chi connectivity index (χ3n) is 2.33. The van der Waals surface area contributed by atoms with Crippen LogP contribution in [-0.2, 0) is 9.59 Å². The van der Waals surface area contributed by atoms with Crippen molar-refractivity contribution in [3.8, 4) is 0 Å². The molecule has 0 aromatic heterocycles. The lowest BCUT2D eigenvalue weighted by molar-refractivity contribution is -0.299. The van der Waals surface area contributed by atoms with Gasteiger partial charge in [0.2, 0.25) is 0 Å². The van der Waals surface area contributed by atoms with Crippen molar-refractivity contribution in [3.63, 3.8) is 0 Å². The van der Waals surface area contributed by atoms with Gasteiger partial charge in [0.05, 0.1) is 5.97 Å². The second-order valence-corrected chi connectivity index (χ2v) is 2.98. The van der Waals surface area contributed by atoms with Gasteiger partial charge in [0.15, 0.2) is 0 Å². The molecule has 0 heterocycles. The SMILES string of the molecule is C.CC1=C(C(=O)[O-])CC(C(=O)O)=C1C. The van der Waals surface area contributed by atoms with Crippen LogP contribution in [0.1, 0.15) is 27.7 Å². The lowest BCUT2D eigenvalue weighted by Crippen LogP contribution is -2.24. The van der Waals surface area contributed by atoms with Gasteiger partial charge in [-0.05, 0) is 30.6 Å². The van der Waals surface area contributed by atoms with Gasteiger partial charge < -0.3 is 15.0 Å². The number of hydrogen-bond donors (Lipinski definition) is 1. The number of rotatable bonds is 2. The van der Waals surface area contributed by atoms with Gasteiger partial charge in [0.25, 0.3) is 0 Å². The van der Waals surface area contributed by atoms with Crippen LogP contribution < -0.4 is 5.11 Å². The first-order chi connectivity index (χ1) is 5.95. The molecule has 0 atom stereocenters. The topological polar surface area (TPSA) is 77.4 Å². The lowest BCUT2D eigenvalue weighted by atomic mass is 10.1. The maximum Gasteiger partial charge on any atom is 0.332 e. The largest absolute Gasteiger partial charge is 0.545 e. The zero-order valence-corrected chi connectivity index (χ0v) is 7.38. The Balaban J connectivity index is 0.00000169. The molecule has 1 rings (SSSR count). The van der Waals surface area contributed by atoms with Gasteiger partial charge >= 0.3 is 5.97 Å². The van der Waals surface area contributed by atoms with Gasteiger partial charge in [-0.3, -0.25) is 0 Å². The molecule has 0 amide bonds. The summed E-state index contributed by atoms with van der Waals surface area (Å²) in [7, 11) is 0. The fourth-order valence-corrected chi connectivity index (χ4v) is 1.36. The Morgan fingerprint density at radius 1 is 1.21 bits per heavy atom. The summed E-state index contributed by atoms with van der Waals surface area (Å²) in [6, 6.07) is 0. The van der Waals surface area contributed by atoms with Gasteiger partial charge in [-0.25, -0.2) is 4.79 Å². The summed E-state index contributed by atoms with van der Waals surface area (Å²) in [5.41, 5.74) is 1.27. The van der Waals surface area contributed by atoms with Crippen molar-refractivity contribution in [2.45, 2.75) is 27.7 Å². The number of carboxylic acids is 2. The summed E-state index contributed by atoms with van der Waals surface area (Å²) in [6.45, 7) is 3.20. The highest BCUT2D eigenvalue weighted by Crippen LogP contribution is 2.31. The van der Waals surface area contributed by atoms with Crippen LogP contribution in [0.2, 0.25) is 0 Å². The molecule has 14 heavy (non-hydrogen) atoms. The van der Waals surface area contributed by atoms with Crippen molar-refractivity contribution in [1.29, 1.82) is 0 Å². The monoisotopic (exact) mass is 197 g/mol. The summed E-state index contributed by atoms with van der Waals surface area (Å²) in [5, 5.41) is 19.2. The highest BCUT2D eigenvalue weighted by atomic mass is 16.4. The molecule has 0 aliphatic heterocycles. The van der Waals surface area contributed by atoms with Crippen LogP contribution in [0.15, 0.2) is 22.3 Å². The molecule has 0 bridgehead atoms. The standard InChI is InChI=1S/C9H10O4.CH4/c1-4-5(2)7(9(12)13)3-6(4)8(10)11;/h3H2,1-2H3,(H,10,11)(H,12,13);1H4/p-1. The minimum atomic E-state index is -1.28. The highest BCUT2D eigenvalue weighted by Gasteiger charge is 2.23. The van der Waals surface area contributed by atoms with E-state index in [-0.39, 0.29) is 25.0 Å². The summed E-state index contributed by atoms with van der Waals surface area (Å²) in [5.74, 6) is -2.35. The van der Waals surface area contributed by atoms with E-state index in [1.54, 1.807) is 13.8 Å². The van der Waals surface area contributed by atoms with E-state index in [1.807, 2.05) is 0 Å². The number of allylic oxidation sites excluding steroid dienone is 2. The molecule has 78 valence electrons. The number of carbonyl (C=O) groups is 2. The van der Waals surface area contributed by atoms with Crippen LogP contribution >= 0.6 is 0 Å². The average molecular weight is 197 g/mol.